The standard InChI is InChI=1S/C13H15N3O2S2/c1-9-15-8-13(19-9)20(17,18)16-12-3-2-10-4-5-14-7-11(10)6-12/h2-3,6,8,14,16H,4-5,7H2,1H3. The third-order valence-corrected chi connectivity index (χ3v) is 5.97. The van der Waals surface area contributed by atoms with Crippen LogP contribution in [0.5, 0.6) is 0 Å². The van der Waals surface area contributed by atoms with Crippen molar-refractivity contribution < 1.29 is 8.42 Å². The lowest BCUT2D eigenvalue weighted by atomic mass is 10.0. The maximum Gasteiger partial charge on any atom is 0.273 e. The number of hydrogen-bond acceptors (Lipinski definition) is 5. The van der Waals surface area contributed by atoms with Gasteiger partial charge in [-0.1, -0.05) is 6.07 Å². The summed E-state index contributed by atoms with van der Waals surface area (Å²) in [5.74, 6) is 0. The summed E-state index contributed by atoms with van der Waals surface area (Å²) in [5, 5.41) is 4.02. The number of thiazole rings is 1. The summed E-state index contributed by atoms with van der Waals surface area (Å²) in [6.45, 7) is 3.54. The molecule has 7 heteroatoms. The Labute approximate surface area is 122 Å². The molecule has 1 aliphatic heterocycles. The van der Waals surface area contributed by atoms with E-state index < -0.39 is 10.0 Å². The lowest BCUT2D eigenvalue weighted by molar-refractivity contribution is 0.603. The van der Waals surface area contributed by atoms with Gasteiger partial charge in [0.05, 0.1) is 11.2 Å². The van der Waals surface area contributed by atoms with Gasteiger partial charge in [0, 0.05) is 12.2 Å². The first-order valence-corrected chi connectivity index (χ1v) is 8.62. The van der Waals surface area contributed by atoms with Crippen LogP contribution in [0.1, 0.15) is 16.1 Å². The van der Waals surface area contributed by atoms with E-state index in [-0.39, 0.29) is 4.21 Å². The molecular formula is C13H15N3O2S2. The SMILES string of the molecule is Cc1ncc(S(=O)(=O)Nc2ccc3c(c2)CNCC3)s1. The maximum atomic E-state index is 12.2. The van der Waals surface area contributed by atoms with Crippen molar-refractivity contribution in [3.8, 4) is 0 Å². The number of hydrogen-bond donors (Lipinski definition) is 2. The molecule has 0 bridgehead atoms. The molecule has 0 spiro atoms. The minimum absolute atomic E-state index is 0.242. The molecule has 0 aliphatic carbocycles. The summed E-state index contributed by atoms with van der Waals surface area (Å²) in [6, 6.07) is 5.70. The van der Waals surface area contributed by atoms with E-state index in [0.717, 1.165) is 30.1 Å². The minimum Gasteiger partial charge on any atom is -0.312 e. The third-order valence-electron chi connectivity index (χ3n) is 3.21. The first-order valence-electron chi connectivity index (χ1n) is 6.32. The minimum atomic E-state index is -3.53. The second-order valence-electron chi connectivity index (χ2n) is 4.71. The topological polar surface area (TPSA) is 71.1 Å². The summed E-state index contributed by atoms with van der Waals surface area (Å²) in [5.41, 5.74) is 3.02. The van der Waals surface area contributed by atoms with Gasteiger partial charge < -0.3 is 5.32 Å². The highest BCUT2D eigenvalue weighted by Crippen LogP contribution is 2.24. The third kappa shape index (κ3) is 2.70. The monoisotopic (exact) mass is 309 g/mol. The van der Waals surface area contributed by atoms with Gasteiger partial charge in [-0.25, -0.2) is 13.4 Å². The molecule has 0 amide bonds. The highest BCUT2D eigenvalue weighted by atomic mass is 32.2. The van der Waals surface area contributed by atoms with E-state index in [4.69, 9.17) is 0 Å². The van der Waals surface area contributed by atoms with Gasteiger partial charge in [0.1, 0.15) is 0 Å². The lowest BCUT2D eigenvalue weighted by Crippen LogP contribution is -2.23. The Morgan fingerprint density at radius 3 is 2.95 bits per heavy atom. The molecule has 3 rings (SSSR count). The Kier molecular flexibility index (Phi) is 3.49. The molecule has 2 N–H and O–H groups in total. The molecular weight excluding hydrogens is 294 g/mol. The van der Waals surface area contributed by atoms with Crippen LogP contribution in [0.15, 0.2) is 28.6 Å². The first-order chi connectivity index (χ1) is 9.54. The molecule has 0 unspecified atom stereocenters. The molecule has 106 valence electrons. The number of nitrogens with one attached hydrogen (secondary N) is 2. The summed E-state index contributed by atoms with van der Waals surface area (Å²) < 4.78 is 27.3. The summed E-state index contributed by atoms with van der Waals surface area (Å²) in [7, 11) is -3.53. The van der Waals surface area contributed by atoms with Crippen LogP contribution in [-0.4, -0.2) is 19.9 Å². The van der Waals surface area contributed by atoms with Crippen molar-refractivity contribution in [2.75, 3.05) is 11.3 Å². The molecule has 1 aromatic carbocycles. The highest BCUT2D eigenvalue weighted by molar-refractivity contribution is 7.94. The Balaban J connectivity index is 1.87. The molecule has 0 fully saturated rings. The van der Waals surface area contributed by atoms with Crippen LogP contribution >= 0.6 is 11.3 Å². The molecule has 20 heavy (non-hydrogen) atoms. The second kappa shape index (κ2) is 5.16. The Bertz CT molecular complexity index is 738. The average molecular weight is 309 g/mol. The number of nitrogens with zero attached hydrogens (tertiary/aromatic N) is 1. The van der Waals surface area contributed by atoms with Crippen molar-refractivity contribution in [1.29, 1.82) is 0 Å². The Morgan fingerprint density at radius 2 is 2.20 bits per heavy atom. The summed E-state index contributed by atoms with van der Waals surface area (Å²) >= 11 is 1.17. The van der Waals surface area contributed by atoms with Gasteiger partial charge >= 0.3 is 0 Å². The van der Waals surface area contributed by atoms with Gasteiger partial charge in [0.15, 0.2) is 4.21 Å². The molecule has 0 atom stereocenters. The number of benzene rings is 1. The van der Waals surface area contributed by atoms with Crippen molar-refractivity contribution >= 4 is 27.0 Å². The van der Waals surface area contributed by atoms with E-state index in [9.17, 15) is 8.42 Å². The number of fused-ring (bicyclic) bond motifs is 1. The average Bonchev–Trinajstić information content (AvgIpc) is 2.86. The Morgan fingerprint density at radius 1 is 1.35 bits per heavy atom. The van der Waals surface area contributed by atoms with E-state index in [0.29, 0.717) is 5.69 Å². The van der Waals surface area contributed by atoms with Crippen LogP contribution in [0.2, 0.25) is 0 Å². The molecule has 2 heterocycles. The van der Waals surface area contributed by atoms with Gasteiger partial charge in [-0.3, -0.25) is 4.72 Å². The predicted molar refractivity (Wildman–Crippen MR) is 79.5 cm³/mol. The van der Waals surface area contributed by atoms with Crippen LogP contribution in [-0.2, 0) is 23.0 Å². The van der Waals surface area contributed by atoms with E-state index in [1.165, 1.54) is 23.1 Å². The van der Waals surface area contributed by atoms with Crippen LogP contribution in [0.4, 0.5) is 5.69 Å². The highest BCUT2D eigenvalue weighted by Gasteiger charge is 2.18. The predicted octanol–water partition coefficient (Wildman–Crippen LogP) is 1.90. The number of sulfonamides is 1. The van der Waals surface area contributed by atoms with Crippen molar-refractivity contribution in [1.82, 2.24) is 10.3 Å². The zero-order valence-electron chi connectivity index (χ0n) is 11.0. The van der Waals surface area contributed by atoms with Crippen molar-refractivity contribution in [2.45, 2.75) is 24.1 Å². The molecule has 0 saturated carbocycles. The maximum absolute atomic E-state index is 12.2. The number of anilines is 1. The number of aryl methyl sites for hydroxylation is 1. The van der Waals surface area contributed by atoms with Crippen molar-refractivity contribution in [3.05, 3.63) is 40.5 Å². The second-order valence-corrected chi connectivity index (χ2v) is 7.86. The van der Waals surface area contributed by atoms with Gasteiger partial charge in [0.2, 0.25) is 0 Å². The largest absolute Gasteiger partial charge is 0.312 e. The normalized spacial score (nSPS) is 14.8. The number of rotatable bonds is 3. The van der Waals surface area contributed by atoms with E-state index in [1.807, 2.05) is 18.2 Å². The summed E-state index contributed by atoms with van der Waals surface area (Å²) in [6.07, 6.45) is 2.37. The molecule has 5 nitrogen and oxygen atoms in total. The van der Waals surface area contributed by atoms with Gasteiger partial charge in [-0.15, -0.1) is 11.3 Å². The summed E-state index contributed by atoms with van der Waals surface area (Å²) in [4.78, 5) is 3.98. The van der Waals surface area contributed by atoms with Gasteiger partial charge in [-0.05, 0) is 43.1 Å². The fraction of sp³-hybridized carbons (Fsp3) is 0.308. The van der Waals surface area contributed by atoms with Crippen molar-refractivity contribution in [2.24, 2.45) is 0 Å². The van der Waals surface area contributed by atoms with Crippen LogP contribution in [0.3, 0.4) is 0 Å². The Hall–Kier alpha value is -1.44. The molecule has 1 aromatic heterocycles. The molecule has 2 aromatic rings. The van der Waals surface area contributed by atoms with E-state index >= 15 is 0 Å². The fourth-order valence-corrected chi connectivity index (χ4v) is 4.37. The number of aromatic nitrogens is 1. The zero-order valence-corrected chi connectivity index (χ0v) is 12.6. The zero-order chi connectivity index (χ0) is 14.2. The van der Waals surface area contributed by atoms with Gasteiger partial charge in [0.25, 0.3) is 10.0 Å². The van der Waals surface area contributed by atoms with E-state index in [2.05, 4.69) is 15.0 Å². The lowest BCUT2D eigenvalue weighted by Gasteiger charge is -2.18. The first kappa shape index (κ1) is 13.5. The van der Waals surface area contributed by atoms with Crippen LogP contribution in [0, 0.1) is 6.92 Å². The van der Waals surface area contributed by atoms with Crippen molar-refractivity contribution in [3.63, 3.8) is 0 Å². The molecule has 1 aliphatic rings. The fourth-order valence-electron chi connectivity index (χ4n) is 2.22. The van der Waals surface area contributed by atoms with Gasteiger partial charge in [-0.2, -0.15) is 0 Å². The van der Waals surface area contributed by atoms with E-state index in [1.54, 1.807) is 6.92 Å². The quantitative estimate of drug-likeness (QED) is 0.908. The molecule has 0 radical (unpaired) electrons. The molecule has 0 saturated heterocycles. The smallest absolute Gasteiger partial charge is 0.273 e. The van der Waals surface area contributed by atoms with Crippen LogP contribution < -0.4 is 10.0 Å². The van der Waals surface area contributed by atoms with Crippen LogP contribution in [0.25, 0.3) is 0 Å².